The molecule has 4 heteroatoms. The highest BCUT2D eigenvalue weighted by Gasteiger charge is 2.18. The second kappa shape index (κ2) is 3.84. The number of hydrogen-bond donors (Lipinski definition) is 0. The van der Waals surface area contributed by atoms with Crippen LogP contribution >= 0.6 is 0 Å². The van der Waals surface area contributed by atoms with Crippen LogP contribution in [0.5, 0.6) is 0 Å². The van der Waals surface area contributed by atoms with E-state index >= 15 is 0 Å². The molecule has 0 amide bonds. The standard InChI is InChI=1S/C7H20O2Si2/c1-10(2,3)8-7-9-11(4,5)6/h7H2,1-6H3. The van der Waals surface area contributed by atoms with E-state index in [2.05, 4.69) is 39.3 Å². The van der Waals surface area contributed by atoms with Crippen LogP contribution in [0.3, 0.4) is 0 Å². The predicted molar refractivity (Wildman–Crippen MR) is 53.7 cm³/mol. The van der Waals surface area contributed by atoms with Gasteiger partial charge in [0.15, 0.2) is 16.6 Å². The molecule has 0 heterocycles. The topological polar surface area (TPSA) is 18.5 Å². The Bertz CT molecular complexity index is 98.6. The van der Waals surface area contributed by atoms with Gasteiger partial charge in [0.25, 0.3) is 0 Å². The van der Waals surface area contributed by atoms with E-state index in [1.807, 2.05) is 0 Å². The highest BCUT2D eigenvalue weighted by molar-refractivity contribution is 6.70. The summed E-state index contributed by atoms with van der Waals surface area (Å²) in [4.78, 5) is 0. The molecule has 0 saturated carbocycles. The molecule has 0 aromatic rings. The molecular formula is C7H20O2Si2. The quantitative estimate of drug-likeness (QED) is 0.503. The second-order valence-electron chi connectivity index (χ2n) is 4.63. The number of rotatable bonds is 4. The van der Waals surface area contributed by atoms with E-state index in [4.69, 9.17) is 8.85 Å². The van der Waals surface area contributed by atoms with Gasteiger partial charge in [-0.25, -0.2) is 0 Å². The molecule has 0 atom stereocenters. The summed E-state index contributed by atoms with van der Waals surface area (Å²) in [6.45, 7) is 13.5. The molecule has 68 valence electrons. The first kappa shape index (κ1) is 11.4. The lowest BCUT2D eigenvalue weighted by Crippen LogP contribution is -2.32. The zero-order valence-electron chi connectivity index (χ0n) is 8.52. The summed E-state index contributed by atoms with van der Waals surface area (Å²) in [5, 5.41) is 0. The highest BCUT2D eigenvalue weighted by atomic mass is 28.4. The number of hydrogen-bond acceptors (Lipinski definition) is 2. The first-order valence-corrected chi connectivity index (χ1v) is 10.8. The van der Waals surface area contributed by atoms with Crippen LogP contribution in [0.4, 0.5) is 0 Å². The summed E-state index contributed by atoms with van der Waals surface area (Å²) in [6, 6.07) is 0. The summed E-state index contributed by atoms with van der Waals surface area (Å²) >= 11 is 0. The lowest BCUT2D eigenvalue weighted by Gasteiger charge is -2.22. The molecule has 0 bridgehead atoms. The minimum atomic E-state index is -1.36. The zero-order chi connectivity index (χ0) is 9.12. The Morgan fingerprint density at radius 1 is 0.727 bits per heavy atom. The Balaban J connectivity index is 3.44. The van der Waals surface area contributed by atoms with Gasteiger partial charge in [-0.2, -0.15) is 0 Å². The van der Waals surface area contributed by atoms with Crippen molar-refractivity contribution >= 4 is 16.6 Å². The van der Waals surface area contributed by atoms with Crippen LogP contribution < -0.4 is 0 Å². The van der Waals surface area contributed by atoms with Gasteiger partial charge in [-0.05, 0) is 39.3 Å². The zero-order valence-corrected chi connectivity index (χ0v) is 10.5. The fraction of sp³-hybridized carbons (Fsp3) is 1.00. The first-order chi connectivity index (χ1) is 4.71. The van der Waals surface area contributed by atoms with Crippen molar-refractivity contribution in [3.63, 3.8) is 0 Å². The first-order valence-electron chi connectivity index (χ1n) is 3.99. The molecule has 0 rings (SSSR count). The smallest absolute Gasteiger partial charge is 0.186 e. The molecule has 0 N–H and O–H groups in total. The molecule has 0 radical (unpaired) electrons. The van der Waals surface area contributed by atoms with Gasteiger partial charge in [0.2, 0.25) is 0 Å². The molecule has 0 aromatic carbocycles. The van der Waals surface area contributed by atoms with Crippen LogP contribution in [0, 0.1) is 0 Å². The Labute approximate surface area is 72.2 Å². The Kier molecular flexibility index (Phi) is 3.97. The minimum absolute atomic E-state index is 0.492. The normalized spacial score (nSPS) is 13.6. The molecule has 0 fully saturated rings. The van der Waals surface area contributed by atoms with Gasteiger partial charge in [-0.1, -0.05) is 0 Å². The van der Waals surface area contributed by atoms with Gasteiger partial charge in [0, 0.05) is 0 Å². The highest BCUT2D eigenvalue weighted by Crippen LogP contribution is 2.06. The molecule has 0 aliphatic heterocycles. The predicted octanol–water partition coefficient (Wildman–Crippen LogP) is 2.65. The van der Waals surface area contributed by atoms with Gasteiger partial charge in [0.1, 0.15) is 6.79 Å². The van der Waals surface area contributed by atoms with E-state index in [1.54, 1.807) is 0 Å². The second-order valence-corrected chi connectivity index (χ2v) is 13.7. The van der Waals surface area contributed by atoms with Crippen LogP contribution in [0.25, 0.3) is 0 Å². The molecule has 0 unspecified atom stereocenters. The van der Waals surface area contributed by atoms with Gasteiger partial charge in [-0.15, -0.1) is 0 Å². The average Bonchev–Trinajstić information content (AvgIpc) is 1.55. The third-order valence-corrected chi connectivity index (χ3v) is 2.95. The van der Waals surface area contributed by atoms with Crippen molar-refractivity contribution in [3.8, 4) is 0 Å². The van der Waals surface area contributed by atoms with E-state index < -0.39 is 16.6 Å². The molecule has 0 saturated heterocycles. The third kappa shape index (κ3) is 10.4. The van der Waals surface area contributed by atoms with Crippen LogP contribution in [0.1, 0.15) is 0 Å². The van der Waals surface area contributed by atoms with Crippen LogP contribution in [0.15, 0.2) is 0 Å². The van der Waals surface area contributed by atoms with Gasteiger partial charge in [0.05, 0.1) is 0 Å². The molecule has 0 aliphatic carbocycles. The van der Waals surface area contributed by atoms with Gasteiger partial charge >= 0.3 is 0 Å². The van der Waals surface area contributed by atoms with Crippen molar-refractivity contribution in [1.29, 1.82) is 0 Å². The van der Waals surface area contributed by atoms with E-state index in [0.717, 1.165) is 0 Å². The van der Waals surface area contributed by atoms with Crippen molar-refractivity contribution in [3.05, 3.63) is 0 Å². The van der Waals surface area contributed by atoms with Crippen molar-refractivity contribution in [2.24, 2.45) is 0 Å². The van der Waals surface area contributed by atoms with Crippen LogP contribution in [0.2, 0.25) is 39.3 Å². The molecule has 11 heavy (non-hydrogen) atoms. The Morgan fingerprint density at radius 2 is 1.00 bits per heavy atom. The summed E-state index contributed by atoms with van der Waals surface area (Å²) in [7, 11) is -2.72. The molecule has 0 spiro atoms. The molecule has 0 aromatic heterocycles. The van der Waals surface area contributed by atoms with E-state index in [-0.39, 0.29) is 0 Å². The summed E-state index contributed by atoms with van der Waals surface area (Å²) in [5.74, 6) is 0. The maximum atomic E-state index is 5.56. The van der Waals surface area contributed by atoms with Crippen molar-refractivity contribution in [2.45, 2.75) is 39.3 Å². The molecular weight excluding hydrogens is 172 g/mol. The summed E-state index contributed by atoms with van der Waals surface area (Å²) in [6.07, 6.45) is 0. The largest absolute Gasteiger partial charge is 0.396 e. The SMILES string of the molecule is C[Si](C)(C)OCO[Si](C)(C)C. The van der Waals surface area contributed by atoms with Crippen molar-refractivity contribution < 1.29 is 8.85 Å². The molecule has 0 aliphatic rings. The van der Waals surface area contributed by atoms with Crippen LogP contribution in [-0.4, -0.2) is 23.4 Å². The fourth-order valence-electron chi connectivity index (χ4n) is 0.383. The molecule has 2 nitrogen and oxygen atoms in total. The monoisotopic (exact) mass is 192 g/mol. The van der Waals surface area contributed by atoms with Gasteiger partial charge < -0.3 is 8.85 Å². The minimum Gasteiger partial charge on any atom is -0.396 e. The van der Waals surface area contributed by atoms with Crippen molar-refractivity contribution in [1.82, 2.24) is 0 Å². The summed E-state index contributed by atoms with van der Waals surface area (Å²) < 4.78 is 11.1. The van der Waals surface area contributed by atoms with E-state index in [1.165, 1.54) is 0 Å². The lowest BCUT2D eigenvalue weighted by atomic mass is 11.6. The maximum Gasteiger partial charge on any atom is 0.186 e. The summed E-state index contributed by atoms with van der Waals surface area (Å²) in [5.41, 5.74) is 0. The fourth-order valence-corrected chi connectivity index (χ4v) is 1.33. The third-order valence-electron chi connectivity index (χ3n) is 0.984. The maximum absolute atomic E-state index is 5.56. The van der Waals surface area contributed by atoms with Crippen molar-refractivity contribution in [2.75, 3.05) is 6.79 Å². The average molecular weight is 192 g/mol. The van der Waals surface area contributed by atoms with E-state index in [9.17, 15) is 0 Å². The Morgan fingerprint density at radius 3 is 1.18 bits per heavy atom. The van der Waals surface area contributed by atoms with Crippen LogP contribution in [-0.2, 0) is 8.85 Å². The van der Waals surface area contributed by atoms with Gasteiger partial charge in [-0.3, -0.25) is 0 Å². The lowest BCUT2D eigenvalue weighted by molar-refractivity contribution is 0.108. The van der Waals surface area contributed by atoms with E-state index in [0.29, 0.717) is 6.79 Å². The Hall–Kier alpha value is 0.354.